The minimum absolute atomic E-state index is 0.167. The van der Waals surface area contributed by atoms with Gasteiger partial charge in [0.15, 0.2) is 5.57 Å². The van der Waals surface area contributed by atoms with Crippen LogP contribution in [0.15, 0.2) is 11.6 Å². The molecule has 0 radical (unpaired) electrons. The van der Waals surface area contributed by atoms with Crippen molar-refractivity contribution in [3.63, 3.8) is 0 Å². The lowest BCUT2D eigenvalue weighted by molar-refractivity contribution is -0.250. The van der Waals surface area contributed by atoms with E-state index in [9.17, 15) is 14.4 Å². The molecule has 0 aromatic rings. The normalized spacial score (nSPS) is 10.6. The summed E-state index contributed by atoms with van der Waals surface area (Å²) in [5.74, 6) is -2.78. The predicted molar refractivity (Wildman–Crippen MR) is 34.9 cm³/mol. The highest BCUT2D eigenvalue weighted by Crippen LogP contribution is 1.97. The van der Waals surface area contributed by atoms with Crippen molar-refractivity contribution in [3.05, 3.63) is 11.6 Å². The topological polar surface area (TPSA) is 89.9 Å². The molecule has 1 N–H and O–H groups in total. The summed E-state index contributed by atoms with van der Waals surface area (Å²) >= 11 is 0. The van der Waals surface area contributed by atoms with Crippen LogP contribution in [0.4, 0.5) is 0 Å². The lowest BCUT2D eigenvalue weighted by Gasteiger charge is -1.97. The van der Waals surface area contributed by atoms with E-state index >= 15 is 0 Å². The Morgan fingerprint density at radius 2 is 2.00 bits per heavy atom. The monoisotopic (exact) mass is 174 g/mol. The first-order chi connectivity index (χ1) is 5.63. The van der Waals surface area contributed by atoms with Crippen LogP contribution in [0.2, 0.25) is 0 Å². The van der Waals surface area contributed by atoms with Gasteiger partial charge < -0.3 is 5.11 Å². The summed E-state index contributed by atoms with van der Waals surface area (Å²) in [4.78, 5) is 38.5. The maximum Gasteiger partial charge on any atom is 0.380 e. The molecule has 0 saturated heterocycles. The Kier molecular flexibility index (Phi) is 4.32. The first kappa shape index (κ1) is 10.3. The third-order valence-corrected chi connectivity index (χ3v) is 0.844. The van der Waals surface area contributed by atoms with Crippen LogP contribution < -0.4 is 0 Å². The van der Waals surface area contributed by atoms with Crippen LogP contribution in [0.5, 0.6) is 0 Å². The molecule has 66 valence electrons. The fraction of sp³-hybridized carbons (Fsp3) is 0.167. The quantitative estimate of drug-likeness (QED) is 0.151. The smallest absolute Gasteiger partial charge is 0.380 e. The van der Waals surface area contributed by atoms with Crippen molar-refractivity contribution < 1.29 is 29.3 Å². The summed E-state index contributed by atoms with van der Waals surface area (Å²) in [6.45, 7) is 0. The molecule has 0 aromatic heterocycles. The van der Waals surface area contributed by atoms with Gasteiger partial charge in [-0.15, -0.1) is 0 Å². The lowest BCUT2D eigenvalue weighted by atomic mass is 10.2. The van der Waals surface area contributed by atoms with Crippen LogP contribution >= 0.6 is 0 Å². The third kappa shape index (κ3) is 2.93. The van der Waals surface area contributed by atoms with E-state index in [-0.39, 0.29) is 6.29 Å². The summed E-state index contributed by atoms with van der Waals surface area (Å²) in [7, 11) is 1.04. The van der Waals surface area contributed by atoms with Gasteiger partial charge >= 0.3 is 11.9 Å². The van der Waals surface area contributed by atoms with Gasteiger partial charge in [0.2, 0.25) is 0 Å². The highest BCUT2D eigenvalue weighted by atomic mass is 17.2. The number of aliphatic carboxylic acids is 1. The molecule has 0 bridgehead atoms. The maximum atomic E-state index is 10.6. The molecule has 0 aliphatic rings. The molecule has 0 unspecified atom stereocenters. The fourth-order valence-electron chi connectivity index (χ4n) is 0.415. The van der Waals surface area contributed by atoms with E-state index in [1.165, 1.54) is 0 Å². The second-order valence-electron chi connectivity index (χ2n) is 1.56. The number of carbonyl (C=O) groups is 3. The molecule has 0 aliphatic heterocycles. The van der Waals surface area contributed by atoms with E-state index in [1.54, 1.807) is 0 Å². The van der Waals surface area contributed by atoms with E-state index < -0.39 is 17.5 Å². The number of aldehydes is 1. The summed E-state index contributed by atoms with van der Waals surface area (Å²) in [5.41, 5.74) is -0.785. The van der Waals surface area contributed by atoms with E-state index in [0.717, 1.165) is 7.11 Å². The van der Waals surface area contributed by atoms with Crippen LogP contribution in [0, 0.1) is 0 Å². The zero-order chi connectivity index (χ0) is 9.56. The van der Waals surface area contributed by atoms with Crippen molar-refractivity contribution in [3.8, 4) is 0 Å². The summed E-state index contributed by atoms with van der Waals surface area (Å²) in [6, 6.07) is 0. The minimum atomic E-state index is -1.55. The molecule has 0 amide bonds. The molecule has 6 nitrogen and oxygen atoms in total. The zero-order valence-electron chi connectivity index (χ0n) is 6.14. The van der Waals surface area contributed by atoms with Crippen molar-refractivity contribution in [1.29, 1.82) is 0 Å². The molecule has 0 saturated carbocycles. The minimum Gasteiger partial charge on any atom is -0.477 e. The number of hydrogen-bond acceptors (Lipinski definition) is 5. The van der Waals surface area contributed by atoms with E-state index in [1.807, 2.05) is 0 Å². The van der Waals surface area contributed by atoms with Crippen molar-refractivity contribution in [2.24, 2.45) is 0 Å². The number of carbonyl (C=O) groups excluding carboxylic acids is 2. The molecule has 12 heavy (non-hydrogen) atoms. The molecular weight excluding hydrogens is 168 g/mol. The van der Waals surface area contributed by atoms with Crippen LogP contribution in [0.25, 0.3) is 0 Å². The van der Waals surface area contributed by atoms with Crippen LogP contribution in [0.3, 0.4) is 0 Å². The van der Waals surface area contributed by atoms with E-state index in [0.29, 0.717) is 6.08 Å². The van der Waals surface area contributed by atoms with Crippen LogP contribution in [0.1, 0.15) is 0 Å². The Morgan fingerprint density at radius 3 is 2.33 bits per heavy atom. The van der Waals surface area contributed by atoms with Crippen LogP contribution in [-0.2, 0) is 24.2 Å². The Hall–Kier alpha value is -1.69. The van der Waals surface area contributed by atoms with E-state index in [4.69, 9.17) is 5.11 Å². The SMILES string of the molecule is COOC(=O)C(=CC=O)C(=O)O. The van der Waals surface area contributed by atoms with Gasteiger partial charge in [0.1, 0.15) is 6.29 Å². The Morgan fingerprint density at radius 1 is 1.42 bits per heavy atom. The number of hydrogen-bond donors (Lipinski definition) is 1. The van der Waals surface area contributed by atoms with Crippen molar-refractivity contribution in [2.45, 2.75) is 0 Å². The highest BCUT2D eigenvalue weighted by Gasteiger charge is 2.18. The number of carboxylic acid groups (broad SMARTS) is 1. The van der Waals surface area contributed by atoms with Gasteiger partial charge in [-0.2, -0.15) is 4.89 Å². The largest absolute Gasteiger partial charge is 0.477 e. The second kappa shape index (κ2) is 5.03. The van der Waals surface area contributed by atoms with Crippen molar-refractivity contribution >= 4 is 18.2 Å². The second-order valence-corrected chi connectivity index (χ2v) is 1.56. The zero-order valence-corrected chi connectivity index (χ0v) is 6.14. The average molecular weight is 174 g/mol. The van der Waals surface area contributed by atoms with Gasteiger partial charge in [-0.05, 0) is 6.08 Å². The highest BCUT2D eigenvalue weighted by molar-refractivity contribution is 6.15. The average Bonchev–Trinajstić information content (AvgIpc) is 1.99. The first-order valence-electron chi connectivity index (χ1n) is 2.77. The Labute approximate surface area is 67.3 Å². The Balaban J connectivity index is 4.52. The molecule has 0 aliphatic carbocycles. The van der Waals surface area contributed by atoms with Gasteiger partial charge in [0.05, 0.1) is 7.11 Å². The number of rotatable bonds is 4. The molecule has 0 fully saturated rings. The predicted octanol–water partition coefficient (Wildman–Crippen LogP) is -0.699. The number of carboxylic acids is 1. The summed E-state index contributed by atoms with van der Waals surface area (Å²) in [6.07, 6.45) is 0.740. The van der Waals surface area contributed by atoms with Gasteiger partial charge in [-0.3, -0.25) is 9.68 Å². The molecule has 0 heterocycles. The molecular formula is C6H6O6. The lowest BCUT2D eigenvalue weighted by Crippen LogP contribution is -2.15. The molecule has 0 spiro atoms. The summed E-state index contributed by atoms with van der Waals surface area (Å²) < 4.78 is 0. The van der Waals surface area contributed by atoms with Gasteiger partial charge in [0.25, 0.3) is 0 Å². The van der Waals surface area contributed by atoms with Gasteiger partial charge in [-0.25, -0.2) is 9.59 Å². The number of allylic oxidation sites excluding steroid dienone is 1. The van der Waals surface area contributed by atoms with Crippen LogP contribution in [-0.4, -0.2) is 30.4 Å². The fourth-order valence-corrected chi connectivity index (χ4v) is 0.415. The Bertz CT molecular complexity index is 228. The maximum absolute atomic E-state index is 10.6. The third-order valence-electron chi connectivity index (χ3n) is 0.844. The van der Waals surface area contributed by atoms with Crippen molar-refractivity contribution in [1.82, 2.24) is 0 Å². The molecule has 0 aromatic carbocycles. The standard InChI is InChI=1S/C6H6O6/c1-11-12-6(10)4(2-3-7)5(8)9/h2-3H,1H3,(H,8,9). The van der Waals surface area contributed by atoms with Crippen molar-refractivity contribution in [2.75, 3.05) is 7.11 Å². The van der Waals surface area contributed by atoms with Gasteiger partial charge in [0, 0.05) is 0 Å². The van der Waals surface area contributed by atoms with E-state index in [2.05, 4.69) is 9.78 Å². The molecule has 6 heteroatoms. The van der Waals surface area contributed by atoms with Gasteiger partial charge in [-0.1, -0.05) is 0 Å². The summed E-state index contributed by atoms with van der Waals surface area (Å²) in [5, 5.41) is 8.32. The first-order valence-corrected chi connectivity index (χ1v) is 2.77. The molecule has 0 atom stereocenters. The molecule has 0 rings (SSSR count).